The molecule has 0 aliphatic heterocycles. The molecule has 2 N–H and O–H groups in total. The maximum atomic E-state index is 11.0. The first-order valence-corrected chi connectivity index (χ1v) is 6.14. The van der Waals surface area contributed by atoms with Crippen LogP contribution in [0.5, 0.6) is 0 Å². The molecular formula is C15H17NO2. The Kier molecular flexibility index (Phi) is 3.51. The molecular weight excluding hydrogens is 226 g/mol. The van der Waals surface area contributed by atoms with Crippen LogP contribution in [0.2, 0.25) is 0 Å². The van der Waals surface area contributed by atoms with Crippen LogP contribution in [0.15, 0.2) is 30.3 Å². The van der Waals surface area contributed by atoms with E-state index in [4.69, 9.17) is 5.11 Å². The van der Waals surface area contributed by atoms with Gasteiger partial charge in [0.25, 0.3) is 0 Å². The number of rotatable bonds is 4. The van der Waals surface area contributed by atoms with Gasteiger partial charge < -0.3 is 10.1 Å². The molecule has 0 amide bonds. The minimum Gasteiger partial charge on any atom is -0.478 e. The zero-order valence-corrected chi connectivity index (χ0v) is 10.7. The highest BCUT2D eigenvalue weighted by Crippen LogP contribution is 2.22. The van der Waals surface area contributed by atoms with Crippen LogP contribution < -0.4 is 0 Å². The summed E-state index contributed by atoms with van der Waals surface area (Å²) in [5.74, 6) is -0.891. The van der Waals surface area contributed by atoms with E-state index in [1.165, 1.54) is 5.56 Å². The molecule has 0 fully saturated rings. The number of aryl methyl sites for hydroxylation is 2. The summed E-state index contributed by atoms with van der Waals surface area (Å²) in [6.07, 6.45) is 2.20. The number of nitrogens with one attached hydrogen (secondary N) is 1. The number of aromatic nitrogens is 1. The second kappa shape index (κ2) is 5.08. The predicted molar refractivity (Wildman–Crippen MR) is 71.9 cm³/mol. The second-order valence-electron chi connectivity index (χ2n) is 4.47. The van der Waals surface area contributed by atoms with Crippen LogP contribution in [0.25, 0.3) is 11.3 Å². The van der Waals surface area contributed by atoms with Crippen molar-refractivity contribution in [2.24, 2.45) is 0 Å². The molecule has 2 aromatic rings. The summed E-state index contributed by atoms with van der Waals surface area (Å²) in [4.78, 5) is 14.1. The van der Waals surface area contributed by atoms with Crippen LogP contribution in [0.1, 0.15) is 35.0 Å². The molecule has 1 heterocycles. The van der Waals surface area contributed by atoms with E-state index in [-0.39, 0.29) is 0 Å². The zero-order valence-electron chi connectivity index (χ0n) is 10.7. The van der Waals surface area contributed by atoms with Gasteiger partial charge in [0.05, 0.1) is 5.56 Å². The number of benzene rings is 1. The fraction of sp³-hybridized carbons (Fsp3) is 0.267. The molecule has 0 radical (unpaired) electrons. The molecule has 0 bridgehead atoms. The lowest BCUT2D eigenvalue weighted by molar-refractivity contribution is 0.0696. The number of carboxylic acid groups (broad SMARTS) is 1. The van der Waals surface area contributed by atoms with E-state index in [0.717, 1.165) is 24.1 Å². The van der Waals surface area contributed by atoms with E-state index < -0.39 is 5.97 Å². The standard InChI is InChI=1S/C15H17NO2/c1-3-4-11-5-7-12(8-6-11)14-9-13(15(17)18)10(2)16-14/h5-9,16H,3-4H2,1-2H3,(H,17,18). The lowest BCUT2D eigenvalue weighted by Gasteiger charge is -2.01. The lowest BCUT2D eigenvalue weighted by atomic mass is 10.1. The Bertz CT molecular complexity index is 552. The molecule has 3 nitrogen and oxygen atoms in total. The monoisotopic (exact) mass is 243 g/mol. The summed E-state index contributed by atoms with van der Waals surface area (Å²) in [6, 6.07) is 9.93. The highest BCUT2D eigenvalue weighted by molar-refractivity contribution is 5.90. The first-order valence-electron chi connectivity index (χ1n) is 6.14. The predicted octanol–water partition coefficient (Wildman–Crippen LogP) is 3.64. The summed E-state index contributed by atoms with van der Waals surface area (Å²) in [5, 5.41) is 9.02. The van der Waals surface area contributed by atoms with Gasteiger partial charge in [-0.25, -0.2) is 4.79 Å². The van der Waals surface area contributed by atoms with Crippen molar-refractivity contribution >= 4 is 5.97 Å². The molecule has 0 aliphatic carbocycles. The third kappa shape index (κ3) is 2.45. The van der Waals surface area contributed by atoms with Crippen LogP contribution >= 0.6 is 0 Å². The molecule has 1 aromatic carbocycles. The van der Waals surface area contributed by atoms with Crippen molar-refractivity contribution in [1.29, 1.82) is 0 Å². The van der Waals surface area contributed by atoms with Gasteiger partial charge in [-0.1, -0.05) is 37.6 Å². The van der Waals surface area contributed by atoms with Crippen molar-refractivity contribution < 1.29 is 9.90 Å². The fourth-order valence-electron chi connectivity index (χ4n) is 2.08. The average Bonchev–Trinajstić information content (AvgIpc) is 2.73. The molecule has 18 heavy (non-hydrogen) atoms. The van der Waals surface area contributed by atoms with Crippen molar-refractivity contribution in [2.75, 3.05) is 0 Å². The summed E-state index contributed by atoms with van der Waals surface area (Å²) in [7, 11) is 0. The van der Waals surface area contributed by atoms with Crippen molar-refractivity contribution in [1.82, 2.24) is 4.98 Å². The number of hydrogen-bond donors (Lipinski definition) is 2. The second-order valence-corrected chi connectivity index (χ2v) is 4.47. The largest absolute Gasteiger partial charge is 0.478 e. The van der Waals surface area contributed by atoms with Gasteiger partial charge in [0.1, 0.15) is 0 Å². The Balaban J connectivity index is 2.31. The van der Waals surface area contributed by atoms with Gasteiger partial charge in [0.2, 0.25) is 0 Å². The van der Waals surface area contributed by atoms with Gasteiger partial charge in [-0.05, 0) is 30.5 Å². The van der Waals surface area contributed by atoms with Gasteiger partial charge in [-0.15, -0.1) is 0 Å². The van der Waals surface area contributed by atoms with Crippen LogP contribution in [0.3, 0.4) is 0 Å². The topological polar surface area (TPSA) is 53.1 Å². The smallest absolute Gasteiger partial charge is 0.337 e. The maximum Gasteiger partial charge on any atom is 0.337 e. The average molecular weight is 243 g/mol. The molecule has 3 heteroatoms. The van der Waals surface area contributed by atoms with E-state index in [2.05, 4.69) is 24.0 Å². The maximum absolute atomic E-state index is 11.0. The number of carboxylic acids is 1. The van der Waals surface area contributed by atoms with E-state index in [0.29, 0.717) is 11.3 Å². The van der Waals surface area contributed by atoms with Gasteiger partial charge in [0.15, 0.2) is 0 Å². The van der Waals surface area contributed by atoms with Gasteiger partial charge in [-0.3, -0.25) is 0 Å². The Morgan fingerprint density at radius 1 is 1.28 bits per heavy atom. The zero-order chi connectivity index (χ0) is 13.1. The SMILES string of the molecule is CCCc1ccc(-c2cc(C(=O)O)c(C)[nH]2)cc1. The number of H-pyrrole nitrogens is 1. The number of carbonyl (C=O) groups is 1. The normalized spacial score (nSPS) is 10.6. The van der Waals surface area contributed by atoms with Crippen LogP contribution in [0, 0.1) is 6.92 Å². The quantitative estimate of drug-likeness (QED) is 0.861. The fourth-order valence-corrected chi connectivity index (χ4v) is 2.08. The van der Waals surface area contributed by atoms with Crippen molar-refractivity contribution in [3.8, 4) is 11.3 Å². The molecule has 0 aliphatic rings. The lowest BCUT2D eigenvalue weighted by Crippen LogP contribution is -1.95. The van der Waals surface area contributed by atoms with Crippen LogP contribution in [0.4, 0.5) is 0 Å². The van der Waals surface area contributed by atoms with Crippen molar-refractivity contribution in [3.63, 3.8) is 0 Å². The minimum absolute atomic E-state index is 0.336. The Hall–Kier alpha value is -2.03. The Morgan fingerprint density at radius 2 is 1.94 bits per heavy atom. The first kappa shape index (κ1) is 12.4. The third-order valence-corrected chi connectivity index (χ3v) is 3.05. The van der Waals surface area contributed by atoms with Crippen molar-refractivity contribution in [3.05, 3.63) is 47.2 Å². The van der Waals surface area contributed by atoms with Gasteiger partial charge >= 0.3 is 5.97 Å². The van der Waals surface area contributed by atoms with Gasteiger partial charge in [0, 0.05) is 11.4 Å². The first-order chi connectivity index (χ1) is 8.61. The van der Waals surface area contributed by atoms with E-state index in [9.17, 15) is 4.79 Å². The molecule has 0 unspecified atom stereocenters. The number of aromatic carboxylic acids is 1. The molecule has 0 atom stereocenters. The van der Waals surface area contributed by atoms with Crippen LogP contribution in [-0.4, -0.2) is 16.1 Å². The Labute approximate surface area is 106 Å². The third-order valence-electron chi connectivity index (χ3n) is 3.05. The molecule has 0 saturated carbocycles. The van der Waals surface area contributed by atoms with E-state index in [1.54, 1.807) is 13.0 Å². The highest BCUT2D eigenvalue weighted by atomic mass is 16.4. The van der Waals surface area contributed by atoms with E-state index >= 15 is 0 Å². The summed E-state index contributed by atoms with van der Waals surface area (Å²) < 4.78 is 0. The summed E-state index contributed by atoms with van der Waals surface area (Å²) >= 11 is 0. The molecule has 94 valence electrons. The van der Waals surface area contributed by atoms with E-state index in [1.807, 2.05) is 12.1 Å². The number of hydrogen-bond acceptors (Lipinski definition) is 1. The highest BCUT2D eigenvalue weighted by Gasteiger charge is 2.11. The summed E-state index contributed by atoms with van der Waals surface area (Å²) in [5.41, 5.74) is 4.21. The minimum atomic E-state index is -0.891. The number of aromatic amines is 1. The van der Waals surface area contributed by atoms with Crippen molar-refractivity contribution in [2.45, 2.75) is 26.7 Å². The Morgan fingerprint density at radius 3 is 2.44 bits per heavy atom. The van der Waals surface area contributed by atoms with Gasteiger partial charge in [-0.2, -0.15) is 0 Å². The summed E-state index contributed by atoms with van der Waals surface area (Å²) in [6.45, 7) is 3.93. The molecule has 0 saturated heterocycles. The molecule has 2 rings (SSSR count). The molecule has 0 spiro atoms. The van der Waals surface area contributed by atoms with Crippen LogP contribution in [-0.2, 0) is 6.42 Å². The molecule has 1 aromatic heterocycles.